The molecule has 0 saturated carbocycles. The first-order valence-electron chi connectivity index (χ1n) is 13.3. The van der Waals surface area contributed by atoms with Gasteiger partial charge < -0.3 is 24.6 Å². The summed E-state index contributed by atoms with van der Waals surface area (Å²) in [6, 6.07) is 23.7. The maximum absolute atomic E-state index is 13.7. The van der Waals surface area contributed by atoms with Crippen molar-refractivity contribution in [3.05, 3.63) is 101 Å². The largest absolute Gasteiger partial charge is 0.390 e. The number of anilines is 1. The highest BCUT2D eigenvalue weighted by atomic mass is 32.2. The fourth-order valence-electron chi connectivity index (χ4n) is 5.19. The number of aliphatic hydroxyl groups is 1. The molecule has 0 aliphatic carbocycles. The number of hydrogen-bond acceptors (Lipinski definition) is 5. The lowest BCUT2D eigenvalue weighted by Gasteiger charge is -2.25. The number of aryl methyl sites for hydroxylation is 2. The molecule has 4 aromatic rings. The van der Waals surface area contributed by atoms with E-state index in [4.69, 9.17) is 0 Å². The Balaban J connectivity index is 1.38. The van der Waals surface area contributed by atoms with E-state index in [-0.39, 0.29) is 5.91 Å². The van der Waals surface area contributed by atoms with Gasteiger partial charge in [-0.3, -0.25) is 4.79 Å². The minimum atomic E-state index is -0.752. The van der Waals surface area contributed by atoms with Gasteiger partial charge in [0.05, 0.1) is 23.3 Å². The van der Waals surface area contributed by atoms with Crippen LogP contribution in [0.2, 0.25) is 0 Å². The molecule has 1 amide bonds. The Morgan fingerprint density at radius 2 is 1.76 bits per heavy atom. The van der Waals surface area contributed by atoms with Crippen molar-refractivity contribution in [2.24, 2.45) is 0 Å². The molecule has 5 rings (SSSR count). The molecule has 3 aromatic carbocycles. The predicted molar refractivity (Wildman–Crippen MR) is 158 cm³/mol. The molecule has 2 heterocycles. The lowest BCUT2D eigenvalue weighted by Crippen LogP contribution is -2.48. The standard InChI is InChI=1S/C31H36N4O2S/c1-3-35-21-24-14-15-38-34(2)27-17-25(18-28(35)30(24)27)31(37)33-26(16-22-10-6-4-7-11-22)29(36)20-32-19-23-12-8-5-9-13-23/h4-13,17-18,21,26,29,32,36H,3,14-16,19-20H2,1-2H3,(H,33,37)/t26-,29+/m0/s1. The Labute approximate surface area is 229 Å². The molecule has 1 aromatic heterocycles. The second-order valence-electron chi connectivity index (χ2n) is 9.86. The summed E-state index contributed by atoms with van der Waals surface area (Å²) in [7, 11) is 2.07. The molecule has 1 aliphatic rings. The van der Waals surface area contributed by atoms with Gasteiger partial charge in [-0.2, -0.15) is 0 Å². The fraction of sp³-hybridized carbons (Fsp3) is 0.323. The van der Waals surface area contributed by atoms with Gasteiger partial charge >= 0.3 is 0 Å². The smallest absolute Gasteiger partial charge is 0.251 e. The first-order valence-corrected chi connectivity index (χ1v) is 14.3. The predicted octanol–water partition coefficient (Wildman–Crippen LogP) is 4.79. The SMILES string of the molecule is CCn1cc2c3c(cc(C(=O)N[C@@H](Cc4ccccc4)[C@H](O)CNCc4ccccc4)cc31)N(C)SCC2. The van der Waals surface area contributed by atoms with Crippen LogP contribution in [-0.2, 0) is 25.9 Å². The molecule has 2 atom stereocenters. The molecule has 3 N–H and O–H groups in total. The molecular formula is C31H36N4O2S. The van der Waals surface area contributed by atoms with Crippen LogP contribution in [0, 0.1) is 0 Å². The first-order chi connectivity index (χ1) is 18.5. The van der Waals surface area contributed by atoms with Crippen molar-refractivity contribution in [2.45, 2.75) is 45.0 Å². The molecule has 0 spiro atoms. The third-order valence-corrected chi connectivity index (χ3v) is 8.21. The van der Waals surface area contributed by atoms with Crippen molar-refractivity contribution < 1.29 is 9.90 Å². The summed E-state index contributed by atoms with van der Waals surface area (Å²) in [5.74, 6) is 0.843. The molecule has 6 nitrogen and oxygen atoms in total. The molecule has 198 valence electrons. The highest BCUT2D eigenvalue weighted by Crippen LogP contribution is 2.38. The van der Waals surface area contributed by atoms with E-state index in [0.717, 1.165) is 41.0 Å². The van der Waals surface area contributed by atoms with E-state index in [1.165, 1.54) is 10.9 Å². The lowest BCUT2D eigenvalue weighted by atomic mass is 10.00. The summed E-state index contributed by atoms with van der Waals surface area (Å²) in [4.78, 5) is 13.7. The highest BCUT2D eigenvalue weighted by Gasteiger charge is 2.25. The van der Waals surface area contributed by atoms with Crippen LogP contribution in [0.4, 0.5) is 5.69 Å². The number of nitrogens with zero attached hydrogens (tertiary/aromatic N) is 2. The zero-order valence-corrected chi connectivity index (χ0v) is 22.9. The minimum absolute atomic E-state index is 0.167. The second-order valence-corrected chi connectivity index (χ2v) is 11.1. The number of benzene rings is 3. The normalized spacial score (nSPS) is 14.8. The summed E-state index contributed by atoms with van der Waals surface area (Å²) < 4.78 is 4.41. The van der Waals surface area contributed by atoms with E-state index < -0.39 is 12.1 Å². The topological polar surface area (TPSA) is 69.5 Å². The summed E-state index contributed by atoms with van der Waals surface area (Å²) in [6.45, 7) is 4.01. The molecule has 1 aliphatic heterocycles. The van der Waals surface area contributed by atoms with Crippen LogP contribution in [0.1, 0.15) is 34.0 Å². The highest BCUT2D eigenvalue weighted by molar-refractivity contribution is 8.00. The van der Waals surface area contributed by atoms with Crippen molar-refractivity contribution in [1.29, 1.82) is 0 Å². The van der Waals surface area contributed by atoms with Gasteiger partial charge in [-0.1, -0.05) is 60.7 Å². The van der Waals surface area contributed by atoms with Crippen LogP contribution in [0.25, 0.3) is 10.9 Å². The van der Waals surface area contributed by atoms with Crippen LogP contribution < -0.4 is 14.9 Å². The molecule has 0 fully saturated rings. The number of nitrogens with one attached hydrogen (secondary N) is 2. The van der Waals surface area contributed by atoms with Crippen molar-refractivity contribution in [1.82, 2.24) is 15.2 Å². The molecule has 38 heavy (non-hydrogen) atoms. The van der Waals surface area contributed by atoms with Crippen molar-refractivity contribution in [3.63, 3.8) is 0 Å². The Kier molecular flexibility index (Phi) is 8.37. The molecule has 0 saturated heterocycles. The Morgan fingerprint density at radius 1 is 1.05 bits per heavy atom. The van der Waals surface area contributed by atoms with Crippen molar-refractivity contribution in [2.75, 3.05) is 23.7 Å². The maximum Gasteiger partial charge on any atom is 0.251 e. The summed E-state index contributed by atoms with van der Waals surface area (Å²) >= 11 is 1.78. The lowest BCUT2D eigenvalue weighted by molar-refractivity contribution is 0.0830. The van der Waals surface area contributed by atoms with Gasteiger partial charge in [0.15, 0.2) is 0 Å². The maximum atomic E-state index is 13.7. The number of carbonyl (C=O) groups excluding carboxylic acids is 1. The van der Waals surface area contributed by atoms with Crippen molar-refractivity contribution >= 4 is 34.4 Å². The summed E-state index contributed by atoms with van der Waals surface area (Å²) in [5.41, 5.74) is 6.34. The van der Waals surface area contributed by atoms with E-state index in [0.29, 0.717) is 25.1 Å². The van der Waals surface area contributed by atoms with Gasteiger partial charge in [0.2, 0.25) is 0 Å². The quantitative estimate of drug-likeness (QED) is 0.258. The average molecular weight is 529 g/mol. The number of amides is 1. The van der Waals surface area contributed by atoms with Gasteiger partial charge in [-0.15, -0.1) is 0 Å². The zero-order valence-electron chi connectivity index (χ0n) is 22.1. The van der Waals surface area contributed by atoms with Crippen LogP contribution >= 0.6 is 11.9 Å². The van der Waals surface area contributed by atoms with E-state index >= 15 is 0 Å². The summed E-state index contributed by atoms with van der Waals surface area (Å²) in [5, 5.41) is 19.0. The molecule has 0 radical (unpaired) electrons. The summed E-state index contributed by atoms with van der Waals surface area (Å²) in [6.07, 6.45) is 3.03. The Morgan fingerprint density at radius 3 is 2.47 bits per heavy atom. The van der Waals surface area contributed by atoms with Crippen LogP contribution in [0.15, 0.2) is 79.0 Å². The fourth-order valence-corrected chi connectivity index (χ4v) is 6.06. The van der Waals surface area contributed by atoms with Gasteiger partial charge in [0, 0.05) is 49.6 Å². The number of aliphatic hydroxyl groups excluding tert-OH is 1. The average Bonchev–Trinajstić information content (AvgIpc) is 3.22. The van der Waals surface area contributed by atoms with Crippen LogP contribution in [0.5, 0.6) is 0 Å². The van der Waals surface area contributed by atoms with E-state index in [2.05, 4.69) is 51.8 Å². The van der Waals surface area contributed by atoms with E-state index in [1.807, 2.05) is 60.7 Å². The number of hydrogen-bond donors (Lipinski definition) is 3. The molecule has 0 unspecified atom stereocenters. The van der Waals surface area contributed by atoms with Gasteiger partial charge in [0.25, 0.3) is 5.91 Å². The van der Waals surface area contributed by atoms with E-state index in [9.17, 15) is 9.90 Å². The van der Waals surface area contributed by atoms with Gasteiger partial charge in [-0.25, -0.2) is 0 Å². The van der Waals surface area contributed by atoms with Gasteiger partial charge in [0.1, 0.15) is 0 Å². The van der Waals surface area contributed by atoms with E-state index in [1.54, 1.807) is 11.9 Å². The van der Waals surface area contributed by atoms with Crippen molar-refractivity contribution in [3.8, 4) is 0 Å². The number of carbonyl (C=O) groups is 1. The van der Waals surface area contributed by atoms with Crippen LogP contribution in [0.3, 0.4) is 0 Å². The number of rotatable bonds is 10. The Bertz CT molecular complexity index is 1370. The third kappa shape index (κ3) is 5.90. The molecule has 7 heteroatoms. The zero-order chi connectivity index (χ0) is 26.5. The van der Waals surface area contributed by atoms with Gasteiger partial charge in [-0.05, 0) is 60.5 Å². The minimum Gasteiger partial charge on any atom is -0.390 e. The monoisotopic (exact) mass is 528 g/mol. The number of aromatic nitrogens is 1. The molecule has 0 bridgehead atoms. The second kappa shape index (κ2) is 12.1. The Hall–Kier alpha value is -3.26. The first kappa shape index (κ1) is 26.4. The molecular weight excluding hydrogens is 492 g/mol. The third-order valence-electron chi connectivity index (χ3n) is 7.24. The van der Waals surface area contributed by atoms with Crippen LogP contribution in [-0.4, -0.2) is 47.1 Å².